The molecule has 1 aliphatic rings. The minimum atomic E-state index is 1.02. The molecule has 0 fully saturated rings. The van der Waals surface area contributed by atoms with Gasteiger partial charge in [-0.15, -0.1) is 0 Å². The molecule has 0 spiro atoms. The van der Waals surface area contributed by atoms with E-state index in [0.717, 1.165) is 12.8 Å². The summed E-state index contributed by atoms with van der Waals surface area (Å²) >= 11 is 0. The lowest BCUT2D eigenvalue weighted by Crippen LogP contribution is -1.89. The first-order valence-corrected chi connectivity index (χ1v) is 5.33. The van der Waals surface area contributed by atoms with E-state index in [-0.39, 0.29) is 0 Å². The molecule has 1 aromatic carbocycles. The smallest absolute Gasteiger partial charge is 0.0191 e. The van der Waals surface area contributed by atoms with Crippen LogP contribution in [0.1, 0.15) is 16.8 Å². The second-order valence-corrected chi connectivity index (χ2v) is 3.96. The zero-order valence-electron chi connectivity index (χ0n) is 8.53. The van der Waals surface area contributed by atoms with E-state index >= 15 is 0 Å². The Hall–Kier alpha value is -1.76. The maximum absolute atomic E-state index is 3.25. The van der Waals surface area contributed by atoms with Crippen LogP contribution in [0.2, 0.25) is 0 Å². The van der Waals surface area contributed by atoms with Gasteiger partial charge in [0.2, 0.25) is 0 Å². The van der Waals surface area contributed by atoms with Crippen molar-refractivity contribution >= 4 is 5.57 Å². The van der Waals surface area contributed by atoms with Crippen molar-refractivity contribution in [3.8, 4) is 0 Å². The Morgan fingerprint density at radius 1 is 1.07 bits per heavy atom. The lowest BCUT2D eigenvalue weighted by Gasteiger charge is -2.03. The largest absolute Gasteiger partial charge is 0.365 e. The summed E-state index contributed by atoms with van der Waals surface area (Å²) in [6, 6.07) is 12.9. The summed E-state index contributed by atoms with van der Waals surface area (Å²) in [6.07, 6.45) is 6.43. The molecule has 2 aromatic rings. The van der Waals surface area contributed by atoms with Gasteiger partial charge < -0.3 is 4.98 Å². The number of aromatic nitrogens is 1. The Kier molecular flexibility index (Phi) is 1.95. The van der Waals surface area contributed by atoms with Crippen molar-refractivity contribution in [1.29, 1.82) is 0 Å². The molecule has 1 aromatic heterocycles. The number of benzene rings is 1. The summed E-state index contributed by atoms with van der Waals surface area (Å²) in [5.74, 6) is 0. The Balaban J connectivity index is 1.91. The minimum Gasteiger partial charge on any atom is -0.365 e. The molecule has 1 heteroatoms. The molecule has 1 heterocycles. The van der Waals surface area contributed by atoms with Crippen molar-refractivity contribution in [3.63, 3.8) is 0 Å². The van der Waals surface area contributed by atoms with E-state index in [4.69, 9.17) is 0 Å². The van der Waals surface area contributed by atoms with Crippen LogP contribution < -0.4 is 0 Å². The van der Waals surface area contributed by atoms with Crippen molar-refractivity contribution in [1.82, 2.24) is 4.98 Å². The SMILES string of the molecule is C1=C(Cc2ccc[nH]2)c2ccccc2C1. The highest BCUT2D eigenvalue weighted by Gasteiger charge is 2.13. The number of allylic oxidation sites excluding steroid dienone is 2. The van der Waals surface area contributed by atoms with Crippen LogP contribution in [0.25, 0.3) is 5.57 Å². The van der Waals surface area contributed by atoms with Crippen LogP contribution in [-0.4, -0.2) is 4.98 Å². The van der Waals surface area contributed by atoms with E-state index < -0.39 is 0 Å². The predicted octanol–water partition coefficient (Wildman–Crippen LogP) is 3.20. The lowest BCUT2D eigenvalue weighted by molar-refractivity contribution is 1.17. The number of rotatable bonds is 2. The zero-order valence-corrected chi connectivity index (χ0v) is 8.53. The van der Waals surface area contributed by atoms with Crippen LogP contribution in [0.3, 0.4) is 0 Å². The standard InChI is InChI=1S/C14H13N/c1-2-6-14-11(4-1)7-8-12(14)10-13-5-3-9-15-13/h1-6,8-9,15H,7,10H2. The van der Waals surface area contributed by atoms with Gasteiger partial charge in [0, 0.05) is 18.3 Å². The quantitative estimate of drug-likeness (QED) is 0.757. The molecule has 0 saturated carbocycles. The van der Waals surface area contributed by atoms with Gasteiger partial charge in [-0.2, -0.15) is 0 Å². The summed E-state index contributed by atoms with van der Waals surface area (Å²) in [6.45, 7) is 0. The fraction of sp³-hybridized carbons (Fsp3) is 0.143. The number of aromatic amines is 1. The summed E-state index contributed by atoms with van der Waals surface area (Å²) in [4.78, 5) is 3.25. The first kappa shape index (κ1) is 8.54. The van der Waals surface area contributed by atoms with Gasteiger partial charge in [0.25, 0.3) is 0 Å². The number of H-pyrrole nitrogens is 1. The van der Waals surface area contributed by atoms with Gasteiger partial charge >= 0.3 is 0 Å². The third-order valence-corrected chi connectivity index (χ3v) is 2.97. The monoisotopic (exact) mass is 195 g/mol. The number of hydrogen-bond donors (Lipinski definition) is 1. The first-order chi connectivity index (χ1) is 7.43. The third kappa shape index (κ3) is 1.50. The molecule has 1 aliphatic carbocycles. The number of nitrogens with one attached hydrogen (secondary N) is 1. The van der Waals surface area contributed by atoms with Gasteiger partial charge in [0.1, 0.15) is 0 Å². The molecular formula is C14H13N. The molecule has 74 valence electrons. The van der Waals surface area contributed by atoms with Crippen molar-refractivity contribution in [3.05, 3.63) is 65.5 Å². The van der Waals surface area contributed by atoms with Crippen LogP contribution in [0.5, 0.6) is 0 Å². The topological polar surface area (TPSA) is 15.8 Å². The second kappa shape index (κ2) is 3.43. The van der Waals surface area contributed by atoms with Crippen molar-refractivity contribution in [2.45, 2.75) is 12.8 Å². The fourth-order valence-electron chi connectivity index (χ4n) is 2.20. The molecule has 0 unspecified atom stereocenters. The maximum Gasteiger partial charge on any atom is 0.0191 e. The van der Waals surface area contributed by atoms with E-state index in [9.17, 15) is 0 Å². The Bertz CT molecular complexity index is 492. The summed E-state index contributed by atoms with van der Waals surface area (Å²) in [7, 11) is 0. The highest BCUT2D eigenvalue weighted by Crippen LogP contribution is 2.29. The molecule has 0 aliphatic heterocycles. The molecule has 0 radical (unpaired) electrons. The van der Waals surface area contributed by atoms with E-state index in [1.54, 1.807) is 0 Å². The molecule has 0 atom stereocenters. The van der Waals surface area contributed by atoms with Gasteiger partial charge in [-0.25, -0.2) is 0 Å². The molecule has 0 saturated heterocycles. The van der Waals surface area contributed by atoms with E-state index in [0.29, 0.717) is 0 Å². The first-order valence-electron chi connectivity index (χ1n) is 5.33. The summed E-state index contributed by atoms with van der Waals surface area (Å²) in [5, 5.41) is 0. The van der Waals surface area contributed by atoms with E-state index in [1.165, 1.54) is 22.4 Å². The van der Waals surface area contributed by atoms with Gasteiger partial charge in [-0.1, -0.05) is 30.3 Å². The van der Waals surface area contributed by atoms with Crippen molar-refractivity contribution in [2.75, 3.05) is 0 Å². The molecular weight excluding hydrogens is 182 g/mol. The summed E-state index contributed by atoms with van der Waals surface area (Å²) in [5.41, 5.74) is 5.62. The average molecular weight is 195 g/mol. The van der Waals surface area contributed by atoms with Crippen LogP contribution in [0.15, 0.2) is 48.7 Å². The van der Waals surface area contributed by atoms with Gasteiger partial charge in [0.15, 0.2) is 0 Å². The van der Waals surface area contributed by atoms with Crippen LogP contribution in [0.4, 0.5) is 0 Å². The number of hydrogen-bond acceptors (Lipinski definition) is 0. The maximum atomic E-state index is 3.25. The van der Waals surface area contributed by atoms with Gasteiger partial charge in [0.05, 0.1) is 0 Å². The Morgan fingerprint density at radius 3 is 2.87 bits per heavy atom. The van der Waals surface area contributed by atoms with E-state index in [1.807, 2.05) is 6.20 Å². The highest BCUT2D eigenvalue weighted by atomic mass is 14.7. The highest BCUT2D eigenvalue weighted by molar-refractivity contribution is 5.74. The van der Waals surface area contributed by atoms with Gasteiger partial charge in [-0.05, 0) is 35.3 Å². The minimum absolute atomic E-state index is 1.02. The van der Waals surface area contributed by atoms with Gasteiger partial charge in [-0.3, -0.25) is 0 Å². The van der Waals surface area contributed by atoms with Crippen LogP contribution in [-0.2, 0) is 12.8 Å². The molecule has 1 N–H and O–H groups in total. The zero-order chi connectivity index (χ0) is 10.1. The Labute approximate surface area is 89.5 Å². The Morgan fingerprint density at radius 2 is 2.00 bits per heavy atom. The predicted molar refractivity (Wildman–Crippen MR) is 62.6 cm³/mol. The summed E-state index contributed by atoms with van der Waals surface area (Å²) < 4.78 is 0. The fourth-order valence-corrected chi connectivity index (χ4v) is 2.20. The van der Waals surface area contributed by atoms with E-state index in [2.05, 4.69) is 47.5 Å². The van der Waals surface area contributed by atoms with Crippen LogP contribution in [0, 0.1) is 0 Å². The molecule has 15 heavy (non-hydrogen) atoms. The van der Waals surface area contributed by atoms with Crippen LogP contribution >= 0.6 is 0 Å². The average Bonchev–Trinajstić information content (AvgIpc) is 2.89. The van der Waals surface area contributed by atoms with Crippen molar-refractivity contribution < 1.29 is 0 Å². The normalized spacial score (nSPS) is 13.7. The number of fused-ring (bicyclic) bond motifs is 1. The lowest BCUT2D eigenvalue weighted by atomic mass is 10.0. The molecule has 0 bridgehead atoms. The molecule has 1 nitrogen and oxygen atoms in total. The molecule has 0 amide bonds. The second-order valence-electron chi connectivity index (χ2n) is 3.96. The molecule has 3 rings (SSSR count). The third-order valence-electron chi connectivity index (χ3n) is 2.97. The van der Waals surface area contributed by atoms with Crippen molar-refractivity contribution in [2.24, 2.45) is 0 Å².